The van der Waals surface area contributed by atoms with Gasteiger partial charge < -0.3 is 0 Å². The van der Waals surface area contributed by atoms with Gasteiger partial charge in [0.2, 0.25) is 0 Å². The topological polar surface area (TPSA) is 0 Å². The Balaban J connectivity index is 1.14. The van der Waals surface area contributed by atoms with E-state index in [1.54, 1.807) is 0 Å². The molecule has 1 heteroatoms. The van der Waals surface area contributed by atoms with Crippen molar-refractivity contribution in [3.63, 3.8) is 0 Å². The third-order valence-corrected chi connectivity index (χ3v) is 11.0. The van der Waals surface area contributed by atoms with Gasteiger partial charge in [-0.15, -0.1) is 11.3 Å². The predicted octanol–water partition coefficient (Wildman–Crippen LogP) is 11.4. The molecule has 0 bridgehead atoms. The van der Waals surface area contributed by atoms with Gasteiger partial charge in [-0.2, -0.15) is 0 Å². The summed E-state index contributed by atoms with van der Waals surface area (Å²) in [6.45, 7) is 0. The minimum atomic E-state index is 0.318. The van der Waals surface area contributed by atoms with E-state index in [0.29, 0.717) is 11.8 Å². The maximum Gasteiger partial charge on any atom is 0.0361 e. The van der Waals surface area contributed by atoms with E-state index in [-0.39, 0.29) is 0 Å². The Bertz CT molecular complexity index is 2450. The molecule has 4 aliphatic rings. The summed E-state index contributed by atoms with van der Waals surface area (Å²) >= 11 is 1.90. The first kappa shape index (κ1) is 23.6. The second-order valence-corrected chi connectivity index (χ2v) is 13.1. The van der Waals surface area contributed by atoms with E-state index in [4.69, 9.17) is 0 Å². The number of benzene rings is 5. The van der Waals surface area contributed by atoms with Crippen LogP contribution >= 0.6 is 11.3 Å². The van der Waals surface area contributed by atoms with Crippen molar-refractivity contribution in [2.45, 2.75) is 0 Å². The van der Waals surface area contributed by atoms with Gasteiger partial charge in [-0.3, -0.25) is 0 Å². The molecule has 0 radical (unpaired) electrons. The number of hydrogen-bond donors (Lipinski definition) is 0. The van der Waals surface area contributed by atoms with Gasteiger partial charge in [0.1, 0.15) is 0 Å². The van der Waals surface area contributed by atoms with Crippen LogP contribution in [0.25, 0.3) is 52.9 Å². The van der Waals surface area contributed by atoms with Gasteiger partial charge in [0, 0.05) is 32.0 Å². The van der Waals surface area contributed by atoms with Crippen LogP contribution < -0.4 is 0 Å². The highest BCUT2D eigenvalue weighted by atomic mass is 32.1. The van der Waals surface area contributed by atoms with Crippen LogP contribution in [0.1, 0.15) is 11.1 Å². The molecule has 5 aromatic carbocycles. The summed E-state index contributed by atoms with van der Waals surface area (Å²) in [6, 6.07) is 35.9. The van der Waals surface area contributed by atoms with Gasteiger partial charge in [0.15, 0.2) is 0 Å². The zero-order valence-corrected chi connectivity index (χ0v) is 24.2. The van der Waals surface area contributed by atoms with E-state index in [0.717, 1.165) is 0 Å². The van der Waals surface area contributed by atoms with Crippen LogP contribution in [0, 0.1) is 11.8 Å². The molecule has 0 N–H and O–H groups in total. The predicted molar refractivity (Wildman–Crippen MR) is 185 cm³/mol. The Morgan fingerprint density at radius 3 is 2.14 bits per heavy atom. The Morgan fingerprint density at radius 2 is 1.21 bits per heavy atom. The molecular formula is C42H26S. The Hall–Kier alpha value is -4.98. The molecule has 0 spiro atoms. The molecule has 1 heterocycles. The van der Waals surface area contributed by atoms with Crippen molar-refractivity contribution in [3.05, 3.63) is 179 Å². The van der Waals surface area contributed by atoms with Crippen molar-refractivity contribution in [1.82, 2.24) is 0 Å². The zero-order valence-electron chi connectivity index (χ0n) is 23.4. The lowest BCUT2D eigenvalue weighted by molar-refractivity contribution is 0.569. The van der Waals surface area contributed by atoms with Crippen LogP contribution in [0.15, 0.2) is 168 Å². The standard InChI is InChI=1S/C42H26S/c1-2-8-29-27(7-1)23-38(32-10-4-3-9-31(29)32)33-19-14-26-15-21-36-30(18-13-25-16-22-37(33)42(26)41(25)36)28-17-20-35-34-11-5-6-12-39(34)43-40(35)24-28/h1-24,41-42H. The maximum absolute atomic E-state index is 2.41. The molecule has 0 saturated carbocycles. The summed E-state index contributed by atoms with van der Waals surface area (Å²) in [5.74, 6) is 0.642. The second-order valence-electron chi connectivity index (χ2n) is 12.0. The Labute approximate surface area is 254 Å². The van der Waals surface area contributed by atoms with Crippen LogP contribution in [-0.4, -0.2) is 0 Å². The van der Waals surface area contributed by atoms with E-state index >= 15 is 0 Å². The molecule has 2 atom stereocenters. The van der Waals surface area contributed by atoms with Crippen molar-refractivity contribution < 1.29 is 0 Å². The van der Waals surface area contributed by atoms with Crippen LogP contribution in [0.4, 0.5) is 0 Å². The van der Waals surface area contributed by atoms with E-state index < -0.39 is 0 Å². The van der Waals surface area contributed by atoms with Crippen molar-refractivity contribution >= 4 is 64.2 Å². The highest BCUT2D eigenvalue weighted by Crippen LogP contribution is 2.54. The molecule has 4 aliphatic carbocycles. The van der Waals surface area contributed by atoms with E-state index in [9.17, 15) is 0 Å². The van der Waals surface area contributed by atoms with E-state index in [1.165, 1.54) is 86.3 Å². The molecule has 0 saturated heterocycles. The quantitative estimate of drug-likeness (QED) is 0.184. The third kappa shape index (κ3) is 3.32. The summed E-state index contributed by atoms with van der Waals surface area (Å²) < 4.78 is 2.71. The molecule has 10 rings (SSSR count). The molecule has 0 aliphatic heterocycles. The number of hydrogen-bond acceptors (Lipinski definition) is 1. The molecular weight excluding hydrogens is 537 g/mol. The van der Waals surface area contributed by atoms with Crippen molar-refractivity contribution in [3.8, 4) is 0 Å². The summed E-state index contributed by atoms with van der Waals surface area (Å²) in [6.07, 6.45) is 19.0. The molecule has 1 aromatic heterocycles. The van der Waals surface area contributed by atoms with Gasteiger partial charge in [-0.25, -0.2) is 0 Å². The average Bonchev–Trinajstić information content (AvgIpc) is 3.44. The first-order valence-electron chi connectivity index (χ1n) is 15.1. The molecule has 2 unspecified atom stereocenters. The maximum atomic E-state index is 2.41. The molecule has 0 amide bonds. The average molecular weight is 563 g/mol. The normalized spacial score (nSPS) is 20.4. The van der Waals surface area contributed by atoms with Crippen LogP contribution in [-0.2, 0) is 0 Å². The van der Waals surface area contributed by atoms with Crippen molar-refractivity contribution in [1.29, 1.82) is 0 Å². The minimum absolute atomic E-state index is 0.318. The summed E-state index contributed by atoms with van der Waals surface area (Å²) in [4.78, 5) is 0. The second kappa shape index (κ2) is 8.77. The van der Waals surface area contributed by atoms with Crippen molar-refractivity contribution in [2.75, 3.05) is 0 Å². The molecule has 6 aromatic rings. The summed E-state index contributed by atoms with van der Waals surface area (Å²) in [5, 5.41) is 7.96. The van der Waals surface area contributed by atoms with Gasteiger partial charge >= 0.3 is 0 Å². The lowest BCUT2D eigenvalue weighted by Gasteiger charge is -2.42. The largest absolute Gasteiger partial charge is 0.135 e. The SMILES string of the molecule is C1=CC2=C(c3cc4ccccc4c4ccccc34)C=CC3=CC=C4C(c5ccc6c(c5)sc5ccccc56)=CC=C1C4C32. The van der Waals surface area contributed by atoms with Crippen LogP contribution in [0.5, 0.6) is 0 Å². The van der Waals surface area contributed by atoms with Gasteiger partial charge in [-0.1, -0.05) is 127 Å². The highest BCUT2D eigenvalue weighted by Gasteiger charge is 2.40. The fourth-order valence-corrected chi connectivity index (χ4v) is 9.10. The van der Waals surface area contributed by atoms with E-state index in [1.807, 2.05) is 11.3 Å². The monoisotopic (exact) mass is 562 g/mol. The lowest BCUT2D eigenvalue weighted by Crippen LogP contribution is -2.30. The first-order valence-corrected chi connectivity index (χ1v) is 15.9. The Kier molecular flexibility index (Phi) is 4.80. The molecule has 200 valence electrons. The highest BCUT2D eigenvalue weighted by molar-refractivity contribution is 7.25. The smallest absolute Gasteiger partial charge is 0.0361 e. The van der Waals surface area contributed by atoms with Gasteiger partial charge in [0.05, 0.1) is 0 Å². The minimum Gasteiger partial charge on any atom is -0.135 e. The van der Waals surface area contributed by atoms with Crippen molar-refractivity contribution in [2.24, 2.45) is 11.8 Å². The summed E-state index contributed by atoms with van der Waals surface area (Å²) in [7, 11) is 0. The summed E-state index contributed by atoms with van der Waals surface area (Å²) in [5.41, 5.74) is 11.0. The third-order valence-electron chi connectivity index (χ3n) is 9.89. The zero-order chi connectivity index (χ0) is 28.1. The van der Waals surface area contributed by atoms with Crippen LogP contribution in [0.2, 0.25) is 0 Å². The fourth-order valence-electron chi connectivity index (χ4n) is 7.95. The van der Waals surface area contributed by atoms with E-state index in [2.05, 4.69) is 146 Å². The molecule has 0 nitrogen and oxygen atoms in total. The Morgan fingerprint density at radius 1 is 0.488 bits per heavy atom. The first-order chi connectivity index (χ1) is 21.3. The van der Waals surface area contributed by atoms with Gasteiger partial charge in [0.25, 0.3) is 0 Å². The van der Waals surface area contributed by atoms with Gasteiger partial charge in [-0.05, 0) is 84.3 Å². The lowest BCUT2D eigenvalue weighted by atomic mass is 9.61. The molecule has 0 fully saturated rings. The fraction of sp³-hybridized carbons (Fsp3) is 0.0476. The number of thiophene rings is 1. The number of allylic oxidation sites excluding steroid dienone is 14. The number of rotatable bonds is 2. The molecule has 43 heavy (non-hydrogen) atoms. The number of fused-ring (bicyclic) bond motifs is 6. The van der Waals surface area contributed by atoms with Crippen LogP contribution in [0.3, 0.4) is 0 Å².